The van der Waals surface area contributed by atoms with Gasteiger partial charge >= 0.3 is 6.18 Å². The highest BCUT2D eigenvalue weighted by Crippen LogP contribution is 2.32. The molecule has 19 heavy (non-hydrogen) atoms. The maximum atomic E-state index is 12.6. The number of thiocarbonyl (C=S) groups is 1. The quantitative estimate of drug-likeness (QED) is 0.660. The lowest BCUT2D eigenvalue weighted by Gasteiger charge is -2.07. The van der Waals surface area contributed by atoms with Gasteiger partial charge in [-0.2, -0.15) is 13.2 Å². The molecule has 2 aromatic rings. The van der Waals surface area contributed by atoms with Gasteiger partial charge in [0.1, 0.15) is 10.7 Å². The van der Waals surface area contributed by atoms with E-state index >= 15 is 0 Å². The van der Waals surface area contributed by atoms with Gasteiger partial charge in [-0.3, -0.25) is 0 Å². The molecule has 0 aliphatic carbocycles. The number of alkyl halides is 3. The number of hydrogen-bond acceptors (Lipinski definition) is 3. The van der Waals surface area contributed by atoms with E-state index in [2.05, 4.69) is 15.8 Å². The molecular formula is C10H8ClF3N4S. The van der Waals surface area contributed by atoms with Crippen LogP contribution in [0.15, 0.2) is 18.5 Å². The minimum Gasteiger partial charge on any atom is -0.311 e. The first-order chi connectivity index (χ1) is 8.82. The second-order valence-electron chi connectivity index (χ2n) is 3.64. The summed E-state index contributed by atoms with van der Waals surface area (Å²) < 4.78 is 39.1. The summed E-state index contributed by atoms with van der Waals surface area (Å²) in [7, 11) is 1.61. The predicted molar refractivity (Wildman–Crippen MR) is 69.1 cm³/mol. The van der Waals surface area contributed by atoms with Crippen molar-refractivity contribution in [1.29, 1.82) is 0 Å². The molecule has 0 saturated carbocycles. The summed E-state index contributed by atoms with van der Waals surface area (Å²) in [6.45, 7) is 0. The number of halogens is 4. The zero-order valence-corrected chi connectivity index (χ0v) is 11.1. The molecule has 2 aromatic heterocycles. The van der Waals surface area contributed by atoms with Gasteiger partial charge in [-0.25, -0.2) is 10.4 Å². The summed E-state index contributed by atoms with van der Waals surface area (Å²) in [6, 6.07) is 0.836. The minimum atomic E-state index is -4.47. The molecule has 0 amide bonds. The molecule has 0 aliphatic rings. The predicted octanol–water partition coefficient (Wildman–Crippen LogP) is 2.41. The average molecular weight is 309 g/mol. The molecule has 0 aromatic carbocycles. The molecule has 9 heteroatoms. The van der Waals surface area contributed by atoms with E-state index in [0.717, 1.165) is 12.3 Å². The van der Waals surface area contributed by atoms with Gasteiger partial charge in [-0.05, 0) is 6.07 Å². The number of nitrogens with one attached hydrogen (secondary N) is 2. The molecule has 2 rings (SSSR count). The lowest BCUT2D eigenvalue weighted by molar-refractivity contribution is -0.137. The van der Waals surface area contributed by atoms with E-state index in [1.807, 2.05) is 0 Å². The topological polar surface area (TPSA) is 41.4 Å². The molecule has 0 fully saturated rings. The first-order valence-corrected chi connectivity index (χ1v) is 5.84. The van der Waals surface area contributed by atoms with Gasteiger partial charge in [0, 0.05) is 19.4 Å². The van der Waals surface area contributed by atoms with E-state index in [4.69, 9.17) is 23.8 Å². The highest BCUT2D eigenvalue weighted by atomic mass is 35.5. The maximum absolute atomic E-state index is 12.6. The standard InChI is InChI=1S/C10H8ClF3N4S/c1-15-17-9(19)7-4-18-3-5(10(12,13)14)2-6(11)8(18)16-7/h2-4,15H,1H3,(H,17,19). The van der Waals surface area contributed by atoms with Gasteiger partial charge in [0.25, 0.3) is 0 Å². The Labute approximate surface area is 116 Å². The summed E-state index contributed by atoms with van der Waals surface area (Å²) in [5.74, 6) is 0. The Bertz CT molecular complexity index is 637. The van der Waals surface area contributed by atoms with Crippen molar-refractivity contribution in [2.45, 2.75) is 6.18 Å². The fourth-order valence-electron chi connectivity index (χ4n) is 1.50. The van der Waals surface area contributed by atoms with Crippen molar-refractivity contribution in [2.24, 2.45) is 0 Å². The van der Waals surface area contributed by atoms with E-state index in [-0.39, 0.29) is 15.7 Å². The Balaban J connectivity index is 2.54. The van der Waals surface area contributed by atoms with Crippen LogP contribution in [-0.4, -0.2) is 21.4 Å². The van der Waals surface area contributed by atoms with E-state index in [0.29, 0.717) is 5.69 Å². The van der Waals surface area contributed by atoms with Crippen LogP contribution in [0.3, 0.4) is 0 Å². The van der Waals surface area contributed by atoms with Crippen LogP contribution in [0.25, 0.3) is 5.65 Å². The van der Waals surface area contributed by atoms with Crippen molar-refractivity contribution in [3.63, 3.8) is 0 Å². The third kappa shape index (κ3) is 2.80. The van der Waals surface area contributed by atoms with E-state index in [1.165, 1.54) is 10.6 Å². The van der Waals surface area contributed by atoms with Gasteiger partial charge in [-0.1, -0.05) is 23.8 Å². The highest BCUT2D eigenvalue weighted by Gasteiger charge is 2.32. The van der Waals surface area contributed by atoms with Gasteiger partial charge in [0.15, 0.2) is 5.65 Å². The zero-order chi connectivity index (χ0) is 14.2. The van der Waals surface area contributed by atoms with Crippen molar-refractivity contribution in [2.75, 3.05) is 7.05 Å². The number of imidazole rings is 1. The third-order valence-electron chi connectivity index (χ3n) is 2.30. The van der Waals surface area contributed by atoms with Gasteiger partial charge < -0.3 is 9.83 Å². The van der Waals surface area contributed by atoms with Crippen LogP contribution in [-0.2, 0) is 6.18 Å². The van der Waals surface area contributed by atoms with Crippen LogP contribution < -0.4 is 10.9 Å². The maximum Gasteiger partial charge on any atom is 0.417 e. The van der Waals surface area contributed by atoms with Gasteiger partial charge in [-0.15, -0.1) is 0 Å². The van der Waals surface area contributed by atoms with Crippen LogP contribution in [0.2, 0.25) is 5.02 Å². The van der Waals surface area contributed by atoms with Crippen molar-refractivity contribution in [3.05, 3.63) is 34.7 Å². The number of rotatable bonds is 2. The smallest absolute Gasteiger partial charge is 0.311 e. The van der Waals surface area contributed by atoms with Gasteiger partial charge in [0.2, 0.25) is 0 Å². The van der Waals surface area contributed by atoms with Crippen molar-refractivity contribution >= 4 is 34.5 Å². The fraction of sp³-hybridized carbons (Fsp3) is 0.200. The van der Waals surface area contributed by atoms with Crippen LogP contribution in [0.5, 0.6) is 0 Å². The summed E-state index contributed by atoms with van der Waals surface area (Å²) in [6.07, 6.45) is -2.17. The first-order valence-electron chi connectivity index (χ1n) is 5.05. The third-order valence-corrected chi connectivity index (χ3v) is 2.89. The Morgan fingerprint density at radius 1 is 1.42 bits per heavy atom. The van der Waals surface area contributed by atoms with Crippen LogP contribution in [0.1, 0.15) is 11.3 Å². The molecule has 4 nitrogen and oxygen atoms in total. The summed E-state index contributed by atoms with van der Waals surface area (Å²) in [5.41, 5.74) is 4.93. The normalized spacial score (nSPS) is 11.8. The molecule has 0 saturated heterocycles. The highest BCUT2D eigenvalue weighted by molar-refractivity contribution is 7.80. The Kier molecular flexibility index (Phi) is 3.66. The summed E-state index contributed by atoms with van der Waals surface area (Å²) in [4.78, 5) is 4.33. The molecule has 0 spiro atoms. The number of fused-ring (bicyclic) bond motifs is 1. The largest absolute Gasteiger partial charge is 0.417 e. The summed E-state index contributed by atoms with van der Waals surface area (Å²) >= 11 is 10.8. The molecule has 2 heterocycles. The monoisotopic (exact) mass is 308 g/mol. The summed E-state index contributed by atoms with van der Waals surface area (Å²) in [5, 5.41) is -0.0895. The molecule has 0 atom stereocenters. The van der Waals surface area contributed by atoms with Crippen LogP contribution >= 0.6 is 23.8 Å². The zero-order valence-electron chi connectivity index (χ0n) is 9.55. The second-order valence-corrected chi connectivity index (χ2v) is 4.45. The SMILES string of the molecule is CNNC(=S)c1cn2cc(C(F)(F)F)cc(Cl)c2n1. The van der Waals surface area contributed by atoms with E-state index in [1.54, 1.807) is 7.05 Å². The number of aromatic nitrogens is 2. The second kappa shape index (κ2) is 4.95. The van der Waals surface area contributed by atoms with Crippen molar-refractivity contribution in [3.8, 4) is 0 Å². The number of pyridine rings is 1. The molecule has 102 valence electrons. The number of hydrazine groups is 1. The average Bonchev–Trinajstić information content (AvgIpc) is 2.72. The molecular weight excluding hydrogens is 301 g/mol. The lowest BCUT2D eigenvalue weighted by Crippen LogP contribution is -2.33. The van der Waals surface area contributed by atoms with Crippen molar-refractivity contribution < 1.29 is 13.2 Å². The van der Waals surface area contributed by atoms with E-state index < -0.39 is 11.7 Å². The van der Waals surface area contributed by atoms with Gasteiger partial charge in [0.05, 0.1) is 10.6 Å². The fourth-order valence-corrected chi connectivity index (χ4v) is 1.96. The molecule has 0 radical (unpaired) electrons. The van der Waals surface area contributed by atoms with Crippen molar-refractivity contribution in [1.82, 2.24) is 20.2 Å². The number of hydrogen-bond donors (Lipinski definition) is 2. The van der Waals surface area contributed by atoms with Crippen LogP contribution in [0.4, 0.5) is 13.2 Å². The Morgan fingerprint density at radius 2 is 2.11 bits per heavy atom. The minimum absolute atomic E-state index is 0.0895. The van der Waals surface area contributed by atoms with Crippen LogP contribution in [0, 0.1) is 0 Å². The first kappa shape index (κ1) is 14.0. The Hall–Kier alpha value is -1.38. The molecule has 0 bridgehead atoms. The number of nitrogens with zero attached hydrogens (tertiary/aromatic N) is 2. The Morgan fingerprint density at radius 3 is 2.68 bits per heavy atom. The molecule has 0 unspecified atom stereocenters. The lowest BCUT2D eigenvalue weighted by atomic mass is 10.3. The van der Waals surface area contributed by atoms with E-state index in [9.17, 15) is 13.2 Å². The molecule has 0 aliphatic heterocycles. The molecule has 2 N–H and O–H groups in total.